The van der Waals surface area contributed by atoms with Gasteiger partial charge in [0.1, 0.15) is 5.60 Å². The van der Waals surface area contributed by atoms with E-state index in [1.807, 2.05) is 6.92 Å². The Kier molecular flexibility index (Phi) is 3.53. The lowest BCUT2D eigenvalue weighted by atomic mass is 10.00. The highest BCUT2D eigenvalue weighted by molar-refractivity contribution is 4.93. The van der Waals surface area contributed by atoms with Crippen LogP contribution in [0.15, 0.2) is 0 Å². The van der Waals surface area contributed by atoms with E-state index in [2.05, 4.69) is 6.92 Å². The summed E-state index contributed by atoms with van der Waals surface area (Å²) in [6.07, 6.45) is 5.57. The monoisotopic (exact) mass is 172 g/mol. The molecule has 0 saturated carbocycles. The molecule has 2 atom stereocenters. The van der Waals surface area contributed by atoms with Gasteiger partial charge in [-0.2, -0.15) is 0 Å². The van der Waals surface area contributed by atoms with E-state index in [0.717, 1.165) is 19.4 Å². The average Bonchev–Trinajstić information content (AvgIpc) is 2.78. The third kappa shape index (κ3) is 2.76. The largest absolute Gasteiger partial charge is 0.390 e. The molecule has 12 heavy (non-hydrogen) atoms. The number of aliphatic hydroxyl groups excluding tert-OH is 1. The van der Waals surface area contributed by atoms with Gasteiger partial charge in [0.25, 0.3) is 0 Å². The summed E-state index contributed by atoms with van der Waals surface area (Å²) >= 11 is 0. The summed E-state index contributed by atoms with van der Waals surface area (Å²) in [5.74, 6) is 0. The molecule has 1 heterocycles. The topological polar surface area (TPSA) is 32.8 Å². The SMILES string of the molecule is CCCCCCC(O)C1(C)CO1. The number of ether oxygens (including phenoxy) is 1. The van der Waals surface area contributed by atoms with Crippen LogP contribution in [0, 0.1) is 0 Å². The second-order valence-electron chi connectivity index (χ2n) is 3.97. The fraction of sp³-hybridized carbons (Fsp3) is 1.00. The van der Waals surface area contributed by atoms with Crippen molar-refractivity contribution < 1.29 is 9.84 Å². The van der Waals surface area contributed by atoms with E-state index in [4.69, 9.17) is 4.74 Å². The van der Waals surface area contributed by atoms with Crippen molar-refractivity contribution in [2.45, 2.75) is 57.7 Å². The zero-order chi connectivity index (χ0) is 9.03. The molecule has 2 unspecified atom stereocenters. The number of hydrogen-bond acceptors (Lipinski definition) is 2. The van der Waals surface area contributed by atoms with Gasteiger partial charge in [0.2, 0.25) is 0 Å². The molecule has 2 nitrogen and oxygen atoms in total. The van der Waals surface area contributed by atoms with Gasteiger partial charge in [-0.25, -0.2) is 0 Å². The Morgan fingerprint density at radius 3 is 2.58 bits per heavy atom. The Balaban J connectivity index is 1.99. The zero-order valence-corrected chi connectivity index (χ0v) is 8.18. The maximum Gasteiger partial charge on any atom is 0.115 e. The zero-order valence-electron chi connectivity index (χ0n) is 8.18. The average molecular weight is 172 g/mol. The molecule has 72 valence electrons. The van der Waals surface area contributed by atoms with Crippen LogP contribution < -0.4 is 0 Å². The molecule has 1 aliphatic heterocycles. The molecule has 0 bridgehead atoms. The van der Waals surface area contributed by atoms with Gasteiger partial charge in [0.15, 0.2) is 0 Å². The number of unbranched alkanes of at least 4 members (excludes halogenated alkanes) is 3. The third-order valence-corrected chi connectivity index (χ3v) is 2.64. The van der Waals surface area contributed by atoms with E-state index in [9.17, 15) is 5.11 Å². The first-order valence-electron chi connectivity index (χ1n) is 5.01. The van der Waals surface area contributed by atoms with Gasteiger partial charge >= 0.3 is 0 Å². The highest BCUT2D eigenvalue weighted by Gasteiger charge is 2.45. The molecular formula is C10H20O2. The molecule has 1 saturated heterocycles. The van der Waals surface area contributed by atoms with Crippen LogP contribution in [0.25, 0.3) is 0 Å². The first-order valence-corrected chi connectivity index (χ1v) is 5.01. The molecule has 0 radical (unpaired) electrons. The maximum atomic E-state index is 9.62. The molecule has 0 aliphatic carbocycles. The Morgan fingerprint density at radius 2 is 2.08 bits per heavy atom. The van der Waals surface area contributed by atoms with Crippen LogP contribution in [0.2, 0.25) is 0 Å². The van der Waals surface area contributed by atoms with Gasteiger partial charge in [0, 0.05) is 0 Å². The summed E-state index contributed by atoms with van der Waals surface area (Å²) in [5, 5.41) is 9.62. The van der Waals surface area contributed by atoms with E-state index in [1.54, 1.807) is 0 Å². The number of epoxide rings is 1. The van der Waals surface area contributed by atoms with E-state index in [-0.39, 0.29) is 11.7 Å². The molecule has 0 spiro atoms. The number of aliphatic hydroxyl groups is 1. The van der Waals surface area contributed by atoms with Crippen LogP contribution in [-0.4, -0.2) is 23.4 Å². The lowest BCUT2D eigenvalue weighted by Gasteiger charge is -2.13. The van der Waals surface area contributed by atoms with Gasteiger partial charge in [0.05, 0.1) is 12.7 Å². The summed E-state index contributed by atoms with van der Waals surface area (Å²) in [6.45, 7) is 4.92. The second kappa shape index (κ2) is 4.24. The first kappa shape index (κ1) is 10.0. The van der Waals surface area contributed by atoms with E-state index < -0.39 is 0 Å². The van der Waals surface area contributed by atoms with Crippen molar-refractivity contribution in [2.75, 3.05) is 6.61 Å². The molecule has 0 aromatic carbocycles. The molecule has 1 aliphatic rings. The van der Waals surface area contributed by atoms with Crippen LogP contribution in [-0.2, 0) is 4.74 Å². The van der Waals surface area contributed by atoms with Crippen LogP contribution in [0.4, 0.5) is 0 Å². The normalized spacial score (nSPS) is 30.2. The van der Waals surface area contributed by atoms with Gasteiger partial charge in [-0.3, -0.25) is 0 Å². The second-order valence-corrected chi connectivity index (χ2v) is 3.97. The summed E-state index contributed by atoms with van der Waals surface area (Å²) < 4.78 is 5.16. The molecule has 1 fully saturated rings. The minimum Gasteiger partial charge on any atom is -0.390 e. The van der Waals surface area contributed by atoms with Crippen molar-refractivity contribution in [1.29, 1.82) is 0 Å². The van der Waals surface area contributed by atoms with Gasteiger partial charge in [-0.15, -0.1) is 0 Å². The fourth-order valence-corrected chi connectivity index (χ4v) is 1.38. The van der Waals surface area contributed by atoms with Crippen molar-refractivity contribution in [1.82, 2.24) is 0 Å². The standard InChI is InChI=1S/C10H20O2/c1-3-4-5-6-7-9(11)10(2)8-12-10/h9,11H,3-8H2,1-2H3. The quantitative estimate of drug-likeness (QED) is 0.491. The van der Waals surface area contributed by atoms with Gasteiger partial charge in [-0.1, -0.05) is 32.6 Å². The van der Waals surface area contributed by atoms with E-state index >= 15 is 0 Å². The van der Waals surface area contributed by atoms with Gasteiger partial charge < -0.3 is 9.84 Å². The summed E-state index contributed by atoms with van der Waals surface area (Å²) in [6, 6.07) is 0. The highest BCUT2D eigenvalue weighted by Crippen LogP contribution is 2.32. The number of hydrogen-bond donors (Lipinski definition) is 1. The summed E-state index contributed by atoms with van der Waals surface area (Å²) in [5.41, 5.74) is -0.188. The molecule has 0 aromatic rings. The van der Waals surface area contributed by atoms with Gasteiger partial charge in [-0.05, 0) is 13.3 Å². The van der Waals surface area contributed by atoms with Crippen LogP contribution in [0.5, 0.6) is 0 Å². The van der Waals surface area contributed by atoms with Crippen molar-refractivity contribution in [2.24, 2.45) is 0 Å². The fourth-order valence-electron chi connectivity index (χ4n) is 1.38. The van der Waals surface area contributed by atoms with Crippen molar-refractivity contribution in [3.63, 3.8) is 0 Å². The lowest BCUT2D eigenvalue weighted by Crippen LogP contribution is -2.26. The van der Waals surface area contributed by atoms with Crippen molar-refractivity contribution in [3.05, 3.63) is 0 Å². The van der Waals surface area contributed by atoms with Crippen LogP contribution in [0.3, 0.4) is 0 Å². The predicted octanol–water partition coefficient (Wildman–Crippen LogP) is 2.11. The Hall–Kier alpha value is -0.0800. The minimum atomic E-state index is -0.241. The summed E-state index contributed by atoms with van der Waals surface area (Å²) in [4.78, 5) is 0. The van der Waals surface area contributed by atoms with Crippen molar-refractivity contribution in [3.8, 4) is 0 Å². The smallest absolute Gasteiger partial charge is 0.115 e. The Bertz CT molecular complexity index is 130. The van der Waals surface area contributed by atoms with Crippen LogP contribution in [0.1, 0.15) is 46.0 Å². The first-order chi connectivity index (χ1) is 5.69. The molecular weight excluding hydrogens is 152 g/mol. The van der Waals surface area contributed by atoms with E-state index in [1.165, 1.54) is 19.3 Å². The molecule has 1 N–H and O–H groups in total. The van der Waals surface area contributed by atoms with E-state index in [0.29, 0.717) is 0 Å². The molecule has 2 heteroatoms. The maximum absolute atomic E-state index is 9.62. The summed E-state index contributed by atoms with van der Waals surface area (Å²) in [7, 11) is 0. The predicted molar refractivity (Wildman–Crippen MR) is 49.1 cm³/mol. The number of rotatable bonds is 6. The Morgan fingerprint density at radius 1 is 1.42 bits per heavy atom. The molecule has 1 rings (SSSR count). The van der Waals surface area contributed by atoms with Crippen molar-refractivity contribution >= 4 is 0 Å². The molecule has 0 amide bonds. The highest BCUT2D eigenvalue weighted by atomic mass is 16.6. The lowest BCUT2D eigenvalue weighted by molar-refractivity contribution is 0.0751. The minimum absolute atomic E-state index is 0.188. The van der Waals surface area contributed by atoms with Crippen LogP contribution >= 0.6 is 0 Å². The third-order valence-electron chi connectivity index (χ3n) is 2.64. The molecule has 0 aromatic heterocycles. The Labute approximate surface area is 74.9 Å².